The summed E-state index contributed by atoms with van der Waals surface area (Å²) in [5.41, 5.74) is 2.53. The number of anilines is 1. The summed E-state index contributed by atoms with van der Waals surface area (Å²) < 4.78 is 5.89. The lowest BCUT2D eigenvalue weighted by Gasteiger charge is -2.14. The molecule has 2 rings (SSSR count). The van der Waals surface area contributed by atoms with E-state index in [1.54, 1.807) is 13.0 Å². The number of hydrogen-bond donors (Lipinski definition) is 1. The standard InChI is InChI=1S/C23H27NO4/c1-4-21(26)14-23(27)16(2)10-19-11-20(24-17(3)25)13-22(12-19)28-15-18-8-6-5-7-9-18/h5-9,11-13,16H,4,10,14-15H2,1-3H3,(H,24,25). The minimum atomic E-state index is -0.287. The van der Waals surface area contributed by atoms with Gasteiger partial charge in [-0.15, -0.1) is 0 Å². The van der Waals surface area contributed by atoms with Crippen LogP contribution in [0.5, 0.6) is 5.75 Å². The Bertz CT molecular complexity index is 830. The van der Waals surface area contributed by atoms with E-state index >= 15 is 0 Å². The fourth-order valence-corrected chi connectivity index (χ4v) is 2.84. The Labute approximate surface area is 166 Å². The summed E-state index contributed by atoms with van der Waals surface area (Å²) in [4.78, 5) is 35.2. The summed E-state index contributed by atoms with van der Waals surface area (Å²) in [5.74, 6) is 0.0440. The van der Waals surface area contributed by atoms with Crippen LogP contribution in [0.15, 0.2) is 48.5 Å². The van der Waals surface area contributed by atoms with E-state index in [0.29, 0.717) is 30.9 Å². The lowest BCUT2D eigenvalue weighted by molar-refractivity contribution is -0.128. The fourth-order valence-electron chi connectivity index (χ4n) is 2.84. The molecular formula is C23H27NO4. The van der Waals surface area contributed by atoms with Gasteiger partial charge in [0.05, 0.1) is 6.42 Å². The SMILES string of the molecule is CCC(=O)CC(=O)C(C)Cc1cc(NC(C)=O)cc(OCc2ccccc2)c1. The molecule has 5 nitrogen and oxygen atoms in total. The van der Waals surface area contributed by atoms with Crippen molar-refractivity contribution in [3.05, 3.63) is 59.7 Å². The number of Topliss-reactive ketones (excluding diaryl/α,β-unsaturated/α-hetero) is 2. The summed E-state index contributed by atoms with van der Waals surface area (Å²) in [6.07, 6.45) is 0.819. The highest BCUT2D eigenvalue weighted by Crippen LogP contribution is 2.24. The van der Waals surface area contributed by atoms with Crippen molar-refractivity contribution in [2.75, 3.05) is 5.32 Å². The van der Waals surface area contributed by atoms with Gasteiger partial charge < -0.3 is 10.1 Å². The maximum atomic E-state index is 12.3. The Morgan fingerprint density at radius 3 is 2.39 bits per heavy atom. The molecule has 0 heterocycles. The van der Waals surface area contributed by atoms with E-state index in [4.69, 9.17) is 4.74 Å². The van der Waals surface area contributed by atoms with Crippen molar-refractivity contribution < 1.29 is 19.1 Å². The van der Waals surface area contributed by atoms with Crippen LogP contribution in [-0.4, -0.2) is 17.5 Å². The van der Waals surface area contributed by atoms with Crippen LogP contribution in [0, 0.1) is 5.92 Å². The summed E-state index contributed by atoms with van der Waals surface area (Å²) in [6.45, 7) is 5.43. The average molecular weight is 381 g/mol. The molecule has 0 fully saturated rings. The quantitative estimate of drug-likeness (QED) is 0.621. The van der Waals surface area contributed by atoms with Crippen LogP contribution in [0.25, 0.3) is 0 Å². The molecule has 2 aromatic carbocycles. The minimum absolute atomic E-state index is 0.0274. The Kier molecular flexibility index (Phi) is 7.93. The highest BCUT2D eigenvalue weighted by molar-refractivity contribution is 5.99. The molecule has 1 atom stereocenters. The summed E-state index contributed by atoms with van der Waals surface area (Å²) in [5, 5.41) is 2.77. The van der Waals surface area contributed by atoms with E-state index in [2.05, 4.69) is 5.32 Å². The zero-order valence-electron chi connectivity index (χ0n) is 16.7. The smallest absolute Gasteiger partial charge is 0.221 e. The third-order valence-corrected chi connectivity index (χ3v) is 4.39. The van der Waals surface area contributed by atoms with Gasteiger partial charge in [0.25, 0.3) is 0 Å². The van der Waals surface area contributed by atoms with Crippen LogP contribution in [0.3, 0.4) is 0 Å². The van der Waals surface area contributed by atoms with Crippen molar-refractivity contribution in [3.8, 4) is 5.75 Å². The number of nitrogens with one attached hydrogen (secondary N) is 1. The molecule has 5 heteroatoms. The van der Waals surface area contributed by atoms with E-state index in [9.17, 15) is 14.4 Å². The molecule has 0 aliphatic heterocycles. The minimum Gasteiger partial charge on any atom is -0.489 e. The zero-order valence-corrected chi connectivity index (χ0v) is 16.7. The van der Waals surface area contributed by atoms with Crippen LogP contribution in [0.4, 0.5) is 5.69 Å². The van der Waals surface area contributed by atoms with Crippen LogP contribution in [-0.2, 0) is 27.4 Å². The van der Waals surface area contributed by atoms with Gasteiger partial charge in [-0.05, 0) is 29.7 Å². The van der Waals surface area contributed by atoms with E-state index in [-0.39, 0.29) is 29.8 Å². The van der Waals surface area contributed by atoms with E-state index < -0.39 is 0 Å². The first kappa shape index (κ1) is 21.4. The lowest BCUT2D eigenvalue weighted by Crippen LogP contribution is -2.17. The molecule has 28 heavy (non-hydrogen) atoms. The second kappa shape index (κ2) is 10.4. The predicted molar refractivity (Wildman–Crippen MR) is 109 cm³/mol. The second-order valence-electron chi connectivity index (χ2n) is 6.96. The topological polar surface area (TPSA) is 72.5 Å². The molecule has 0 aromatic heterocycles. The van der Waals surface area contributed by atoms with Crippen LogP contribution < -0.4 is 10.1 Å². The molecule has 0 aliphatic rings. The van der Waals surface area contributed by atoms with Gasteiger partial charge in [0.2, 0.25) is 5.91 Å². The second-order valence-corrected chi connectivity index (χ2v) is 6.96. The number of benzene rings is 2. The lowest BCUT2D eigenvalue weighted by atomic mass is 9.93. The van der Waals surface area contributed by atoms with Gasteiger partial charge in [-0.3, -0.25) is 14.4 Å². The molecule has 0 aliphatic carbocycles. The Hall–Kier alpha value is -2.95. The maximum Gasteiger partial charge on any atom is 0.221 e. The van der Waals surface area contributed by atoms with Crippen molar-refractivity contribution in [1.82, 2.24) is 0 Å². The number of rotatable bonds is 10. The first-order valence-electron chi connectivity index (χ1n) is 9.50. The largest absolute Gasteiger partial charge is 0.489 e. The van der Waals surface area contributed by atoms with Gasteiger partial charge in [-0.2, -0.15) is 0 Å². The van der Waals surface area contributed by atoms with Gasteiger partial charge in [0.15, 0.2) is 0 Å². The van der Waals surface area contributed by atoms with Gasteiger partial charge in [-0.25, -0.2) is 0 Å². The molecule has 0 spiro atoms. The van der Waals surface area contributed by atoms with Gasteiger partial charge in [0, 0.05) is 31.0 Å². The molecule has 1 amide bonds. The van der Waals surface area contributed by atoms with E-state index in [1.807, 2.05) is 49.4 Å². The summed E-state index contributed by atoms with van der Waals surface area (Å²) >= 11 is 0. The molecule has 148 valence electrons. The predicted octanol–water partition coefficient (Wildman–Crippen LogP) is 4.34. The van der Waals surface area contributed by atoms with Crippen molar-refractivity contribution in [3.63, 3.8) is 0 Å². The third kappa shape index (κ3) is 6.99. The molecule has 0 bridgehead atoms. The Balaban J connectivity index is 2.14. The summed E-state index contributed by atoms with van der Waals surface area (Å²) in [7, 11) is 0. The normalized spacial score (nSPS) is 11.5. The fraction of sp³-hybridized carbons (Fsp3) is 0.348. The van der Waals surface area contributed by atoms with Gasteiger partial charge in [-0.1, -0.05) is 44.2 Å². The number of hydrogen-bond acceptors (Lipinski definition) is 4. The monoisotopic (exact) mass is 381 g/mol. The molecule has 0 saturated heterocycles. The van der Waals surface area contributed by atoms with Crippen molar-refractivity contribution >= 4 is 23.2 Å². The first-order chi connectivity index (χ1) is 13.4. The number of ether oxygens (including phenoxy) is 1. The first-order valence-corrected chi connectivity index (χ1v) is 9.50. The summed E-state index contributed by atoms with van der Waals surface area (Å²) in [6, 6.07) is 15.3. The van der Waals surface area contributed by atoms with Crippen LogP contribution >= 0.6 is 0 Å². The molecule has 0 radical (unpaired) electrons. The highest BCUT2D eigenvalue weighted by atomic mass is 16.5. The molecule has 0 saturated carbocycles. The Morgan fingerprint density at radius 1 is 1.04 bits per heavy atom. The van der Waals surface area contributed by atoms with E-state index in [0.717, 1.165) is 11.1 Å². The average Bonchev–Trinajstić information content (AvgIpc) is 2.66. The molecule has 1 N–H and O–H groups in total. The third-order valence-electron chi connectivity index (χ3n) is 4.39. The maximum absolute atomic E-state index is 12.3. The van der Waals surface area contributed by atoms with Crippen molar-refractivity contribution in [1.29, 1.82) is 0 Å². The number of carbonyl (C=O) groups is 3. The molecule has 1 unspecified atom stereocenters. The number of carbonyl (C=O) groups excluding carboxylic acids is 3. The number of ketones is 2. The van der Waals surface area contributed by atoms with Crippen molar-refractivity contribution in [2.24, 2.45) is 5.92 Å². The van der Waals surface area contributed by atoms with Crippen LogP contribution in [0.1, 0.15) is 44.7 Å². The molecule has 2 aromatic rings. The Morgan fingerprint density at radius 2 is 1.75 bits per heavy atom. The van der Waals surface area contributed by atoms with Crippen LogP contribution in [0.2, 0.25) is 0 Å². The zero-order chi connectivity index (χ0) is 20.5. The van der Waals surface area contributed by atoms with Gasteiger partial charge >= 0.3 is 0 Å². The highest BCUT2D eigenvalue weighted by Gasteiger charge is 2.17. The number of amides is 1. The van der Waals surface area contributed by atoms with E-state index in [1.165, 1.54) is 6.92 Å². The van der Waals surface area contributed by atoms with Gasteiger partial charge in [0.1, 0.15) is 23.9 Å². The van der Waals surface area contributed by atoms with Crippen molar-refractivity contribution in [2.45, 2.75) is 46.6 Å². The molecular weight excluding hydrogens is 354 g/mol.